The smallest absolute Gasteiger partial charge is 0.274 e. The Balaban J connectivity index is 3.19. The fraction of sp³-hybridized carbons (Fsp3) is 0.438. The standard InChI is InChI=1S/C16H23NO5S/c1-4-22-11-10-17(15(18)12-23(19,20)21)16(13(2)3)14-8-6-5-7-9-14/h5-9H,4,10-12H2,1-3H3,(H,19,20,21)/i1D3,4D2. The number of amides is 1. The van der Waals surface area contributed by atoms with E-state index in [4.69, 9.17) is 16.1 Å². The van der Waals surface area contributed by atoms with E-state index in [1.54, 1.807) is 44.2 Å². The van der Waals surface area contributed by atoms with Crippen LogP contribution >= 0.6 is 0 Å². The summed E-state index contributed by atoms with van der Waals surface area (Å²) in [5.41, 5.74) is 1.59. The first kappa shape index (κ1) is 12.7. The molecule has 0 saturated heterocycles. The summed E-state index contributed by atoms with van der Waals surface area (Å²) in [6.45, 7) is -3.42. The van der Waals surface area contributed by atoms with E-state index in [1.807, 2.05) is 0 Å². The molecule has 1 amide bonds. The van der Waals surface area contributed by atoms with Gasteiger partial charge in [0.05, 0.1) is 9.35 Å². The summed E-state index contributed by atoms with van der Waals surface area (Å²) in [6, 6.07) is 8.57. The van der Waals surface area contributed by atoms with Crippen LogP contribution in [0.3, 0.4) is 0 Å². The summed E-state index contributed by atoms with van der Waals surface area (Å²) in [5, 5.41) is 0. The van der Waals surface area contributed by atoms with Crippen molar-refractivity contribution >= 4 is 21.7 Å². The molecule has 0 heterocycles. The maximum absolute atomic E-state index is 12.5. The minimum Gasteiger partial charge on any atom is -0.380 e. The maximum atomic E-state index is 12.5. The SMILES string of the molecule is [2H]C([2H])([2H])C([2H])([2H])OCCN(C(=O)CS(=O)(=O)O)C(=C(C)C)c1ccccc1. The number of nitrogens with zero attached hydrogens (tertiary/aromatic N) is 1. The van der Waals surface area contributed by atoms with E-state index in [1.165, 1.54) is 0 Å². The van der Waals surface area contributed by atoms with Crippen molar-refractivity contribution in [2.75, 3.05) is 25.5 Å². The summed E-state index contributed by atoms with van der Waals surface area (Å²) in [7, 11) is -4.61. The zero-order chi connectivity index (χ0) is 21.8. The van der Waals surface area contributed by atoms with Gasteiger partial charge in [0.15, 0.2) is 5.75 Å². The minimum absolute atomic E-state index is 0.320. The fourth-order valence-electron chi connectivity index (χ4n) is 2.09. The minimum atomic E-state index is -4.61. The zero-order valence-corrected chi connectivity index (χ0v) is 13.8. The predicted octanol–water partition coefficient (Wildman–Crippen LogP) is 2.19. The van der Waals surface area contributed by atoms with Gasteiger partial charge in [-0.1, -0.05) is 35.9 Å². The molecule has 0 fully saturated rings. The largest absolute Gasteiger partial charge is 0.380 e. The van der Waals surface area contributed by atoms with Crippen molar-refractivity contribution < 1.29 is 29.4 Å². The number of carbonyl (C=O) groups excluding carboxylic acids is 1. The Morgan fingerprint density at radius 2 is 2.00 bits per heavy atom. The van der Waals surface area contributed by atoms with Crippen LogP contribution in [0.25, 0.3) is 5.70 Å². The van der Waals surface area contributed by atoms with Crippen molar-refractivity contribution in [1.29, 1.82) is 0 Å². The van der Waals surface area contributed by atoms with Gasteiger partial charge in [-0.15, -0.1) is 0 Å². The Hall–Kier alpha value is -1.70. The molecule has 1 aromatic rings. The molecule has 0 radical (unpaired) electrons. The second kappa shape index (κ2) is 8.81. The molecule has 23 heavy (non-hydrogen) atoms. The lowest BCUT2D eigenvalue weighted by Gasteiger charge is -2.27. The van der Waals surface area contributed by atoms with Crippen LogP contribution < -0.4 is 0 Å². The lowest BCUT2D eigenvalue weighted by atomic mass is 10.1. The summed E-state index contributed by atoms with van der Waals surface area (Å²) in [6.07, 6.45) is 0. The molecule has 7 heteroatoms. The van der Waals surface area contributed by atoms with Crippen molar-refractivity contribution in [2.24, 2.45) is 0 Å². The van der Waals surface area contributed by atoms with Crippen LogP contribution in [0.4, 0.5) is 0 Å². The topological polar surface area (TPSA) is 83.9 Å². The van der Waals surface area contributed by atoms with Crippen LogP contribution in [0, 0.1) is 0 Å². The highest BCUT2D eigenvalue weighted by Crippen LogP contribution is 2.23. The maximum Gasteiger partial charge on any atom is 0.274 e. The van der Waals surface area contributed by atoms with Gasteiger partial charge in [-0.3, -0.25) is 9.35 Å². The zero-order valence-electron chi connectivity index (χ0n) is 17.9. The van der Waals surface area contributed by atoms with Gasteiger partial charge in [-0.25, -0.2) is 0 Å². The van der Waals surface area contributed by atoms with Crippen LogP contribution in [0.15, 0.2) is 35.9 Å². The van der Waals surface area contributed by atoms with Crippen LogP contribution in [0.2, 0.25) is 0 Å². The molecular formula is C16H23NO5S. The lowest BCUT2D eigenvalue weighted by molar-refractivity contribution is -0.125. The van der Waals surface area contributed by atoms with Gasteiger partial charge >= 0.3 is 0 Å². The molecule has 0 aliphatic rings. The van der Waals surface area contributed by atoms with Crippen LogP contribution in [-0.4, -0.2) is 49.2 Å². The predicted molar refractivity (Wildman–Crippen MR) is 89.3 cm³/mol. The van der Waals surface area contributed by atoms with Gasteiger partial charge in [0.1, 0.15) is 0 Å². The number of allylic oxidation sites excluding steroid dienone is 1. The second-order valence-electron chi connectivity index (χ2n) is 4.94. The van der Waals surface area contributed by atoms with Crippen LogP contribution in [0.1, 0.15) is 33.1 Å². The van der Waals surface area contributed by atoms with Crippen molar-refractivity contribution in [3.63, 3.8) is 0 Å². The molecule has 0 spiro atoms. The third kappa shape index (κ3) is 6.52. The first-order valence-electron chi connectivity index (χ1n) is 9.28. The summed E-state index contributed by atoms with van der Waals surface area (Å²) < 4.78 is 72.5. The number of benzene rings is 1. The summed E-state index contributed by atoms with van der Waals surface area (Å²) in [4.78, 5) is 13.6. The lowest BCUT2D eigenvalue weighted by Crippen LogP contribution is -2.37. The Kier molecular flexibility index (Phi) is 4.86. The normalized spacial score (nSPS) is 15.5. The highest BCUT2D eigenvalue weighted by atomic mass is 32.2. The van der Waals surface area contributed by atoms with Crippen molar-refractivity contribution in [2.45, 2.75) is 20.7 Å². The Bertz CT molecular complexity index is 818. The van der Waals surface area contributed by atoms with Gasteiger partial charge in [-0.2, -0.15) is 8.42 Å². The highest BCUT2D eigenvalue weighted by Gasteiger charge is 2.24. The quantitative estimate of drug-likeness (QED) is 0.730. The van der Waals surface area contributed by atoms with E-state index in [0.29, 0.717) is 16.8 Å². The van der Waals surface area contributed by atoms with Crippen LogP contribution in [0.5, 0.6) is 0 Å². The van der Waals surface area contributed by atoms with E-state index in [2.05, 4.69) is 0 Å². The fourth-order valence-corrected chi connectivity index (χ4v) is 2.56. The van der Waals surface area contributed by atoms with E-state index in [9.17, 15) is 13.2 Å². The van der Waals surface area contributed by atoms with Gasteiger partial charge in [-0.05, 0) is 26.3 Å². The van der Waals surface area contributed by atoms with Crippen molar-refractivity contribution in [3.05, 3.63) is 41.5 Å². The summed E-state index contributed by atoms with van der Waals surface area (Å²) >= 11 is 0. The van der Waals surface area contributed by atoms with Gasteiger partial charge in [0.2, 0.25) is 5.91 Å². The second-order valence-corrected chi connectivity index (χ2v) is 6.39. The van der Waals surface area contributed by atoms with E-state index in [-0.39, 0.29) is 6.54 Å². The van der Waals surface area contributed by atoms with Crippen molar-refractivity contribution in [3.8, 4) is 0 Å². The molecule has 128 valence electrons. The molecule has 6 nitrogen and oxygen atoms in total. The molecule has 1 N–H and O–H groups in total. The first-order valence-corrected chi connectivity index (χ1v) is 8.39. The summed E-state index contributed by atoms with van der Waals surface area (Å²) in [5.74, 6) is -2.14. The molecule has 0 aliphatic heterocycles. The van der Waals surface area contributed by atoms with E-state index < -0.39 is 41.8 Å². The molecule has 1 aromatic carbocycles. The van der Waals surface area contributed by atoms with E-state index in [0.717, 1.165) is 4.90 Å². The Morgan fingerprint density at radius 1 is 1.35 bits per heavy atom. The third-order valence-electron chi connectivity index (χ3n) is 2.89. The average Bonchev–Trinajstić information content (AvgIpc) is 2.51. The molecule has 0 aliphatic carbocycles. The molecular weight excluding hydrogens is 318 g/mol. The number of hydrogen-bond donors (Lipinski definition) is 1. The molecule has 1 rings (SSSR count). The van der Waals surface area contributed by atoms with Gasteiger partial charge in [0.25, 0.3) is 10.1 Å². The monoisotopic (exact) mass is 346 g/mol. The molecule has 0 atom stereocenters. The molecule has 0 aromatic heterocycles. The molecule has 0 saturated carbocycles. The number of hydrogen-bond acceptors (Lipinski definition) is 4. The average molecular weight is 346 g/mol. The van der Waals surface area contributed by atoms with Gasteiger partial charge < -0.3 is 9.64 Å². The Labute approximate surface area is 144 Å². The van der Waals surface area contributed by atoms with Crippen molar-refractivity contribution in [1.82, 2.24) is 4.90 Å². The molecule has 0 unspecified atom stereocenters. The number of rotatable bonds is 8. The van der Waals surface area contributed by atoms with Gasteiger partial charge in [0, 0.05) is 22.9 Å². The first-order chi connectivity index (χ1) is 12.7. The number of carbonyl (C=O) groups is 1. The molecule has 0 bridgehead atoms. The van der Waals surface area contributed by atoms with E-state index >= 15 is 0 Å². The number of ether oxygens (including phenoxy) is 1. The van der Waals surface area contributed by atoms with Crippen LogP contribution in [-0.2, 0) is 19.6 Å². The highest BCUT2D eigenvalue weighted by molar-refractivity contribution is 7.86. The third-order valence-corrected chi connectivity index (χ3v) is 3.50. The Morgan fingerprint density at radius 3 is 2.52 bits per heavy atom.